The molecule has 0 spiro atoms. The zero-order chi connectivity index (χ0) is 20.1. The zero-order valence-corrected chi connectivity index (χ0v) is 16.1. The maximum atomic E-state index is 12.4. The molecule has 7 nitrogen and oxygen atoms in total. The van der Waals surface area contributed by atoms with Crippen molar-refractivity contribution in [3.05, 3.63) is 63.2 Å². The Bertz CT molecular complexity index is 899. The normalized spacial score (nSPS) is 11.5. The smallest absolute Gasteiger partial charge is 0.273 e. The first-order valence-corrected chi connectivity index (χ1v) is 8.84. The van der Waals surface area contributed by atoms with E-state index in [9.17, 15) is 20.0 Å². The SMILES string of the molecule is CC[C@H](C)c1ccc(O)c(NC(=S)NC(=O)c2cccc([N+](=O)[O-])c2C)c1. The number of nitro groups is 1. The maximum Gasteiger partial charge on any atom is 0.273 e. The number of thiocarbonyl (C=S) groups is 1. The first kappa shape index (κ1) is 20.3. The molecule has 2 aromatic rings. The lowest BCUT2D eigenvalue weighted by molar-refractivity contribution is -0.385. The Balaban J connectivity index is 2.16. The molecule has 0 aromatic heterocycles. The van der Waals surface area contributed by atoms with Gasteiger partial charge in [-0.2, -0.15) is 0 Å². The van der Waals surface area contributed by atoms with Crippen LogP contribution in [0.2, 0.25) is 0 Å². The summed E-state index contributed by atoms with van der Waals surface area (Å²) in [6.07, 6.45) is 0.942. The van der Waals surface area contributed by atoms with Crippen LogP contribution in [-0.2, 0) is 0 Å². The van der Waals surface area contributed by atoms with Gasteiger partial charge >= 0.3 is 0 Å². The second-order valence-electron chi connectivity index (χ2n) is 6.20. The van der Waals surface area contributed by atoms with E-state index < -0.39 is 10.8 Å². The Labute approximate surface area is 162 Å². The Kier molecular flexibility index (Phi) is 6.46. The number of rotatable bonds is 5. The maximum absolute atomic E-state index is 12.4. The third-order valence-electron chi connectivity index (χ3n) is 4.42. The van der Waals surface area contributed by atoms with Crippen molar-refractivity contribution in [1.29, 1.82) is 0 Å². The van der Waals surface area contributed by atoms with Crippen molar-refractivity contribution in [2.45, 2.75) is 33.1 Å². The van der Waals surface area contributed by atoms with Gasteiger partial charge in [0, 0.05) is 17.2 Å². The molecule has 0 aliphatic carbocycles. The van der Waals surface area contributed by atoms with Crippen LogP contribution in [0.4, 0.5) is 11.4 Å². The Hall–Kier alpha value is -3.00. The number of nitro benzene ring substituents is 1. The molecule has 1 amide bonds. The zero-order valence-electron chi connectivity index (χ0n) is 15.3. The summed E-state index contributed by atoms with van der Waals surface area (Å²) in [4.78, 5) is 22.9. The Morgan fingerprint density at radius 2 is 2.04 bits per heavy atom. The summed E-state index contributed by atoms with van der Waals surface area (Å²) < 4.78 is 0. The van der Waals surface area contributed by atoms with Crippen molar-refractivity contribution in [1.82, 2.24) is 5.32 Å². The minimum absolute atomic E-state index is 0.00480. The summed E-state index contributed by atoms with van der Waals surface area (Å²) in [5.41, 5.74) is 1.69. The molecule has 0 unspecified atom stereocenters. The first-order chi connectivity index (χ1) is 12.7. The summed E-state index contributed by atoms with van der Waals surface area (Å²) in [5.74, 6) is -0.252. The van der Waals surface area contributed by atoms with E-state index in [1.807, 2.05) is 6.07 Å². The number of nitrogens with one attached hydrogen (secondary N) is 2. The van der Waals surface area contributed by atoms with Gasteiger partial charge < -0.3 is 10.4 Å². The fraction of sp³-hybridized carbons (Fsp3) is 0.263. The van der Waals surface area contributed by atoms with E-state index in [4.69, 9.17) is 12.2 Å². The van der Waals surface area contributed by atoms with Crippen LogP contribution in [0, 0.1) is 17.0 Å². The molecule has 0 bridgehead atoms. The fourth-order valence-electron chi connectivity index (χ4n) is 2.59. The van der Waals surface area contributed by atoms with Gasteiger partial charge in [-0.25, -0.2) is 0 Å². The molecule has 0 aliphatic heterocycles. The largest absolute Gasteiger partial charge is 0.506 e. The molecule has 0 fully saturated rings. The molecule has 3 N–H and O–H groups in total. The van der Waals surface area contributed by atoms with Gasteiger partial charge in [-0.15, -0.1) is 0 Å². The minimum atomic E-state index is -0.564. The van der Waals surface area contributed by atoms with Crippen LogP contribution < -0.4 is 10.6 Å². The van der Waals surface area contributed by atoms with Crippen LogP contribution in [0.15, 0.2) is 36.4 Å². The van der Waals surface area contributed by atoms with E-state index in [1.54, 1.807) is 12.1 Å². The highest BCUT2D eigenvalue weighted by Gasteiger charge is 2.19. The fourth-order valence-corrected chi connectivity index (χ4v) is 2.79. The highest BCUT2D eigenvalue weighted by atomic mass is 32.1. The number of phenols is 1. The number of carbonyl (C=O) groups is 1. The molecule has 27 heavy (non-hydrogen) atoms. The molecule has 0 saturated carbocycles. The molecule has 0 aliphatic rings. The molecule has 0 heterocycles. The number of amides is 1. The predicted octanol–water partition coefficient (Wildman–Crippen LogP) is 4.25. The van der Waals surface area contributed by atoms with E-state index in [2.05, 4.69) is 24.5 Å². The van der Waals surface area contributed by atoms with Gasteiger partial charge in [0.25, 0.3) is 11.6 Å². The number of aromatic hydroxyl groups is 1. The molecule has 2 rings (SSSR count). The van der Waals surface area contributed by atoms with Gasteiger partial charge in [-0.05, 0) is 55.2 Å². The van der Waals surface area contributed by atoms with Crippen LogP contribution in [0.1, 0.15) is 47.7 Å². The third kappa shape index (κ3) is 4.79. The third-order valence-corrected chi connectivity index (χ3v) is 4.63. The first-order valence-electron chi connectivity index (χ1n) is 8.43. The van der Waals surface area contributed by atoms with E-state index in [0.29, 0.717) is 11.6 Å². The van der Waals surface area contributed by atoms with Crippen molar-refractivity contribution < 1.29 is 14.8 Å². The molecule has 2 aromatic carbocycles. The predicted molar refractivity (Wildman–Crippen MR) is 108 cm³/mol. The van der Waals surface area contributed by atoms with Gasteiger partial charge in [-0.3, -0.25) is 20.2 Å². The van der Waals surface area contributed by atoms with Crippen molar-refractivity contribution in [2.24, 2.45) is 0 Å². The lowest BCUT2D eigenvalue weighted by atomic mass is 9.98. The van der Waals surface area contributed by atoms with Crippen molar-refractivity contribution in [2.75, 3.05) is 5.32 Å². The standard InChI is InChI=1S/C19H21N3O4S/c1-4-11(2)13-8-9-17(23)15(10-13)20-19(27)21-18(24)14-6-5-7-16(12(14)3)22(25)26/h5-11,23H,4H2,1-3H3,(H2,20,21,24,27)/t11-/m0/s1. The quantitative estimate of drug-likeness (QED) is 0.307. The van der Waals surface area contributed by atoms with Crippen molar-refractivity contribution in [3.63, 3.8) is 0 Å². The second kappa shape index (κ2) is 8.59. The summed E-state index contributed by atoms with van der Waals surface area (Å²) in [6.45, 7) is 5.64. The molecular weight excluding hydrogens is 366 g/mol. The number of hydrogen-bond acceptors (Lipinski definition) is 5. The van der Waals surface area contributed by atoms with Crippen LogP contribution in [0.5, 0.6) is 5.75 Å². The van der Waals surface area contributed by atoms with Crippen molar-refractivity contribution >= 4 is 34.6 Å². The molecule has 8 heteroatoms. The summed E-state index contributed by atoms with van der Waals surface area (Å²) in [6, 6.07) is 9.45. The topological polar surface area (TPSA) is 104 Å². The lowest BCUT2D eigenvalue weighted by Gasteiger charge is -2.15. The average molecular weight is 387 g/mol. The summed E-state index contributed by atoms with van der Waals surface area (Å²) in [5, 5.41) is 26.3. The van der Waals surface area contributed by atoms with E-state index >= 15 is 0 Å². The Morgan fingerprint density at radius 3 is 2.67 bits per heavy atom. The number of hydrogen-bond donors (Lipinski definition) is 3. The van der Waals surface area contributed by atoms with Crippen LogP contribution in [0.3, 0.4) is 0 Å². The van der Waals surface area contributed by atoms with Crippen LogP contribution >= 0.6 is 12.2 Å². The van der Waals surface area contributed by atoms with E-state index in [1.165, 1.54) is 25.1 Å². The van der Waals surface area contributed by atoms with Gasteiger partial charge in [-0.1, -0.05) is 26.0 Å². The van der Waals surface area contributed by atoms with Crippen molar-refractivity contribution in [3.8, 4) is 5.75 Å². The lowest BCUT2D eigenvalue weighted by Crippen LogP contribution is -2.34. The van der Waals surface area contributed by atoms with E-state index in [0.717, 1.165) is 12.0 Å². The van der Waals surface area contributed by atoms with Crippen LogP contribution in [0.25, 0.3) is 0 Å². The summed E-state index contributed by atoms with van der Waals surface area (Å²) in [7, 11) is 0. The van der Waals surface area contributed by atoms with Gasteiger partial charge in [0.15, 0.2) is 5.11 Å². The van der Waals surface area contributed by atoms with E-state index in [-0.39, 0.29) is 27.7 Å². The molecule has 0 radical (unpaired) electrons. The molecular formula is C19H21N3O4S. The van der Waals surface area contributed by atoms with Gasteiger partial charge in [0.05, 0.1) is 10.6 Å². The highest BCUT2D eigenvalue weighted by molar-refractivity contribution is 7.80. The minimum Gasteiger partial charge on any atom is -0.506 e. The number of benzene rings is 2. The second-order valence-corrected chi connectivity index (χ2v) is 6.61. The average Bonchev–Trinajstić information content (AvgIpc) is 2.62. The number of anilines is 1. The van der Waals surface area contributed by atoms with Gasteiger partial charge in [0.1, 0.15) is 5.75 Å². The summed E-state index contributed by atoms with van der Waals surface area (Å²) >= 11 is 5.15. The monoisotopic (exact) mass is 387 g/mol. The number of carbonyl (C=O) groups excluding carboxylic acids is 1. The Morgan fingerprint density at radius 1 is 1.33 bits per heavy atom. The molecule has 0 saturated heterocycles. The van der Waals surface area contributed by atoms with Crippen LogP contribution in [-0.4, -0.2) is 21.0 Å². The number of nitrogens with zero attached hydrogens (tertiary/aromatic N) is 1. The molecule has 142 valence electrons. The van der Waals surface area contributed by atoms with Gasteiger partial charge in [0.2, 0.25) is 0 Å². The highest BCUT2D eigenvalue weighted by Crippen LogP contribution is 2.29. The number of phenolic OH excluding ortho intramolecular Hbond substituents is 1. The molecule has 1 atom stereocenters.